The Bertz CT molecular complexity index is 574. The highest BCUT2D eigenvalue weighted by atomic mass is 32.2. The fourth-order valence-corrected chi connectivity index (χ4v) is 3.29. The second kappa shape index (κ2) is 3.67. The summed E-state index contributed by atoms with van der Waals surface area (Å²) < 4.78 is 23.0. The maximum absolute atomic E-state index is 11.5. The van der Waals surface area contributed by atoms with Gasteiger partial charge in [0.15, 0.2) is 9.84 Å². The van der Waals surface area contributed by atoms with Crippen molar-refractivity contribution >= 4 is 9.84 Å². The van der Waals surface area contributed by atoms with E-state index in [4.69, 9.17) is 5.73 Å². The smallest absolute Gasteiger partial charge is 0.323 e. The number of H-pyrrole nitrogens is 1. The first-order valence-corrected chi connectivity index (χ1v) is 6.79. The molecule has 2 rings (SSSR count). The van der Waals surface area contributed by atoms with Gasteiger partial charge < -0.3 is 10.7 Å². The van der Waals surface area contributed by atoms with Crippen LogP contribution < -0.4 is 11.4 Å². The first-order chi connectivity index (χ1) is 7.39. The average Bonchev–Trinajstić information content (AvgIpc) is 2.16. The van der Waals surface area contributed by atoms with Crippen molar-refractivity contribution < 1.29 is 8.42 Å². The van der Waals surface area contributed by atoms with Gasteiger partial charge in [0.2, 0.25) is 0 Å². The second-order valence-corrected chi connectivity index (χ2v) is 6.20. The molecule has 1 aliphatic heterocycles. The Morgan fingerprint density at radius 2 is 2.19 bits per heavy atom. The highest BCUT2D eigenvalue weighted by Crippen LogP contribution is 2.22. The molecule has 16 heavy (non-hydrogen) atoms. The third kappa shape index (κ3) is 2.00. The van der Waals surface area contributed by atoms with Crippen LogP contribution in [0.15, 0.2) is 4.79 Å². The zero-order valence-electron chi connectivity index (χ0n) is 8.86. The van der Waals surface area contributed by atoms with E-state index in [1.54, 1.807) is 6.92 Å². The number of nitrogens with two attached hydrogens (primary N) is 1. The molecule has 0 saturated carbocycles. The van der Waals surface area contributed by atoms with E-state index in [0.29, 0.717) is 23.4 Å². The van der Waals surface area contributed by atoms with E-state index in [1.807, 2.05) is 0 Å². The van der Waals surface area contributed by atoms with Crippen molar-refractivity contribution in [2.24, 2.45) is 5.73 Å². The van der Waals surface area contributed by atoms with Crippen LogP contribution in [0.4, 0.5) is 0 Å². The fraction of sp³-hybridized carbons (Fsp3) is 0.556. The van der Waals surface area contributed by atoms with Gasteiger partial charge >= 0.3 is 5.69 Å². The molecule has 1 unspecified atom stereocenters. The van der Waals surface area contributed by atoms with Crippen LogP contribution in [0.1, 0.15) is 29.9 Å². The highest BCUT2D eigenvalue weighted by Gasteiger charge is 2.26. The molecule has 1 aliphatic rings. The van der Waals surface area contributed by atoms with E-state index < -0.39 is 21.6 Å². The molecule has 3 N–H and O–H groups in total. The van der Waals surface area contributed by atoms with Crippen molar-refractivity contribution in [1.29, 1.82) is 0 Å². The minimum atomic E-state index is -3.08. The molecule has 0 bridgehead atoms. The van der Waals surface area contributed by atoms with Crippen LogP contribution in [0.3, 0.4) is 0 Å². The van der Waals surface area contributed by atoms with Crippen molar-refractivity contribution in [3.8, 4) is 0 Å². The van der Waals surface area contributed by atoms with Crippen LogP contribution in [0.5, 0.6) is 0 Å². The second-order valence-electron chi connectivity index (χ2n) is 4.02. The molecular formula is C9H13N3O3S. The van der Waals surface area contributed by atoms with Gasteiger partial charge in [-0.3, -0.25) is 0 Å². The van der Waals surface area contributed by atoms with Gasteiger partial charge in [0.05, 0.1) is 17.2 Å². The van der Waals surface area contributed by atoms with Crippen LogP contribution in [0.25, 0.3) is 0 Å². The molecule has 0 saturated heterocycles. The predicted molar refractivity (Wildman–Crippen MR) is 58.7 cm³/mol. The molecule has 0 radical (unpaired) electrons. The van der Waals surface area contributed by atoms with Gasteiger partial charge in [0.1, 0.15) is 0 Å². The largest absolute Gasteiger partial charge is 0.345 e. The summed E-state index contributed by atoms with van der Waals surface area (Å²) >= 11 is 0. The third-order valence-corrected chi connectivity index (χ3v) is 4.17. The summed E-state index contributed by atoms with van der Waals surface area (Å²) in [6, 6.07) is -0.440. The molecule has 1 aromatic heterocycles. The minimum Gasteiger partial charge on any atom is -0.323 e. The molecule has 1 aromatic rings. The number of nitrogens with zero attached hydrogens (tertiary/aromatic N) is 1. The number of aromatic nitrogens is 2. The number of hydrogen-bond donors (Lipinski definition) is 2. The van der Waals surface area contributed by atoms with Gasteiger partial charge in [-0.15, -0.1) is 0 Å². The molecule has 7 heteroatoms. The summed E-state index contributed by atoms with van der Waals surface area (Å²) in [4.78, 5) is 17.6. The zero-order chi connectivity index (χ0) is 11.9. The summed E-state index contributed by atoms with van der Waals surface area (Å²) in [5.41, 5.74) is 6.83. The lowest BCUT2D eigenvalue weighted by molar-refractivity contribution is 0.588. The number of hydrogen-bond acceptors (Lipinski definition) is 5. The van der Waals surface area contributed by atoms with Gasteiger partial charge in [-0.2, -0.15) is 4.98 Å². The Morgan fingerprint density at radius 3 is 2.81 bits per heavy atom. The molecule has 2 heterocycles. The molecule has 0 aliphatic carbocycles. The van der Waals surface area contributed by atoms with Crippen molar-refractivity contribution in [3.63, 3.8) is 0 Å². The Morgan fingerprint density at radius 1 is 1.50 bits per heavy atom. The molecule has 88 valence electrons. The fourth-order valence-electron chi connectivity index (χ4n) is 1.86. The average molecular weight is 243 g/mol. The number of fused-ring (bicyclic) bond motifs is 1. The maximum atomic E-state index is 11.5. The number of aryl methyl sites for hydroxylation is 1. The number of aromatic amines is 1. The van der Waals surface area contributed by atoms with Crippen molar-refractivity contribution in [2.75, 3.05) is 5.75 Å². The van der Waals surface area contributed by atoms with Gasteiger partial charge in [0.25, 0.3) is 0 Å². The monoisotopic (exact) mass is 243 g/mol. The molecular weight excluding hydrogens is 230 g/mol. The summed E-state index contributed by atoms with van der Waals surface area (Å²) in [7, 11) is -3.08. The zero-order valence-corrected chi connectivity index (χ0v) is 9.67. The molecule has 6 nitrogen and oxygen atoms in total. The Balaban J connectivity index is 2.65. The van der Waals surface area contributed by atoms with Crippen molar-refractivity contribution in [3.05, 3.63) is 27.4 Å². The first kappa shape index (κ1) is 11.3. The van der Waals surface area contributed by atoms with E-state index in [1.165, 1.54) is 0 Å². The van der Waals surface area contributed by atoms with Crippen LogP contribution in [-0.4, -0.2) is 24.1 Å². The standard InChI is InChI=1S/C9H13N3O3S/c1-5(10)8-6-4-16(14,15)3-2-7(6)11-9(13)12-8/h5H,2-4,10H2,1H3,(H,11,12,13). The van der Waals surface area contributed by atoms with Gasteiger partial charge in [0, 0.05) is 23.7 Å². The number of rotatable bonds is 1. The number of nitrogens with one attached hydrogen (secondary N) is 1. The Hall–Kier alpha value is -1.21. The number of sulfone groups is 1. The molecule has 0 spiro atoms. The van der Waals surface area contributed by atoms with E-state index in [0.717, 1.165) is 0 Å². The Labute approximate surface area is 92.8 Å². The SMILES string of the molecule is CC(N)c1nc(=O)[nH]c2c1CS(=O)(=O)CC2. The Kier molecular flexibility index (Phi) is 2.59. The first-order valence-electron chi connectivity index (χ1n) is 4.97. The normalized spacial score (nSPS) is 20.1. The van der Waals surface area contributed by atoms with Crippen LogP contribution in [0, 0.1) is 0 Å². The lowest BCUT2D eigenvalue weighted by Gasteiger charge is -2.19. The summed E-state index contributed by atoms with van der Waals surface area (Å²) in [6.45, 7) is 1.68. The predicted octanol–water partition coefficient (Wildman–Crippen LogP) is -0.739. The summed E-state index contributed by atoms with van der Waals surface area (Å²) in [5, 5.41) is 0. The van der Waals surface area contributed by atoms with Crippen molar-refractivity contribution in [1.82, 2.24) is 9.97 Å². The van der Waals surface area contributed by atoms with E-state index in [9.17, 15) is 13.2 Å². The van der Waals surface area contributed by atoms with E-state index in [-0.39, 0.29) is 11.5 Å². The van der Waals surface area contributed by atoms with E-state index >= 15 is 0 Å². The third-order valence-electron chi connectivity index (χ3n) is 2.61. The minimum absolute atomic E-state index is 0.0678. The van der Waals surface area contributed by atoms with Crippen LogP contribution in [-0.2, 0) is 22.0 Å². The van der Waals surface area contributed by atoms with E-state index in [2.05, 4.69) is 9.97 Å². The highest BCUT2D eigenvalue weighted by molar-refractivity contribution is 7.90. The molecule has 0 aromatic carbocycles. The molecule has 0 fully saturated rings. The van der Waals surface area contributed by atoms with Gasteiger partial charge in [-0.25, -0.2) is 13.2 Å². The van der Waals surface area contributed by atoms with Crippen molar-refractivity contribution in [2.45, 2.75) is 25.1 Å². The lowest BCUT2D eigenvalue weighted by Crippen LogP contribution is -2.29. The lowest BCUT2D eigenvalue weighted by atomic mass is 10.1. The quantitative estimate of drug-likeness (QED) is 0.675. The topological polar surface area (TPSA) is 106 Å². The van der Waals surface area contributed by atoms with Crippen LogP contribution in [0.2, 0.25) is 0 Å². The summed E-state index contributed by atoms with van der Waals surface area (Å²) in [6.07, 6.45) is 0.329. The molecule has 1 atom stereocenters. The maximum Gasteiger partial charge on any atom is 0.345 e. The van der Waals surface area contributed by atoms with Crippen LogP contribution >= 0.6 is 0 Å². The van der Waals surface area contributed by atoms with Gasteiger partial charge in [-0.1, -0.05) is 0 Å². The molecule has 0 amide bonds. The van der Waals surface area contributed by atoms with Gasteiger partial charge in [-0.05, 0) is 6.92 Å². The summed E-state index contributed by atoms with van der Waals surface area (Å²) in [5.74, 6) is -0.0126.